The van der Waals surface area contributed by atoms with Crippen molar-refractivity contribution >= 4 is 17.2 Å². The number of benzene rings is 1. The van der Waals surface area contributed by atoms with Crippen LogP contribution in [0.4, 0.5) is 0 Å². The third kappa shape index (κ3) is 5.51. The molecule has 4 N–H and O–H groups in total. The summed E-state index contributed by atoms with van der Waals surface area (Å²) in [6.07, 6.45) is 8.04. The SMILES string of the molecule is NC[C@@H](NC(=O)c1ccc(OCC2CCCCC2)cc1)c1ncc(CO)s1. The van der Waals surface area contributed by atoms with Crippen LogP contribution in [0.15, 0.2) is 30.5 Å². The molecule has 1 aliphatic carbocycles. The summed E-state index contributed by atoms with van der Waals surface area (Å²) in [6.45, 7) is 0.927. The van der Waals surface area contributed by atoms with Gasteiger partial charge >= 0.3 is 0 Å². The van der Waals surface area contributed by atoms with E-state index >= 15 is 0 Å². The lowest BCUT2D eigenvalue weighted by Gasteiger charge is -2.21. The van der Waals surface area contributed by atoms with E-state index in [0.717, 1.165) is 17.2 Å². The average molecular weight is 390 g/mol. The summed E-state index contributed by atoms with van der Waals surface area (Å²) in [5, 5.41) is 12.8. The maximum atomic E-state index is 12.5. The van der Waals surface area contributed by atoms with Crippen molar-refractivity contribution in [2.45, 2.75) is 44.8 Å². The Morgan fingerprint density at radius 3 is 2.67 bits per heavy atom. The molecule has 0 aliphatic heterocycles. The Hall–Kier alpha value is -1.96. The molecule has 1 atom stereocenters. The number of thiazole rings is 1. The first-order chi connectivity index (χ1) is 13.2. The number of aromatic nitrogens is 1. The molecule has 27 heavy (non-hydrogen) atoms. The second-order valence-electron chi connectivity index (χ2n) is 6.92. The molecule has 1 fully saturated rings. The van der Waals surface area contributed by atoms with Gasteiger partial charge in [-0.2, -0.15) is 0 Å². The summed E-state index contributed by atoms with van der Waals surface area (Å²) in [5.41, 5.74) is 6.34. The molecule has 1 heterocycles. The fourth-order valence-electron chi connectivity index (χ4n) is 3.29. The number of nitrogens with two attached hydrogens (primary N) is 1. The van der Waals surface area contributed by atoms with Crippen molar-refractivity contribution in [2.75, 3.05) is 13.2 Å². The summed E-state index contributed by atoms with van der Waals surface area (Å²) in [4.78, 5) is 17.5. The molecule has 0 bridgehead atoms. The van der Waals surface area contributed by atoms with Gasteiger partial charge < -0.3 is 20.9 Å². The summed E-state index contributed by atoms with van der Waals surface area (Å²) in [5.74, 6) is 1.24. The smallest absolute Gasteiger partial charge is 0.251 e. The van der Waals surface area contributed by atoms with Crippen LogP contribution in [0.5, 0.6) is 5.75 Å². The lowest BCUT2D eigenvalue weighted by Crippen LogP contribution is -2.33. The van der Waals surface area contributed by atoms with E-state index < -0.39 is 0 Å². The van der Waals surface area contributed by atoms with Gasteiger partial charge in [0.1, 0.15) is 10.8 Å². The van der Waals surface area contributed by atoms with Crippen molar-refractivity contribution in [1.29, 1.82) is 0 Å². The Balaban J connectivity index is 1.54. The fraction of sp³-hybridized carbons (Fsp3) is 0.500. The number of amides is 1. The Morgan fingerprint density at radius 1 is 1.30 bits per heavy atom. The van der Waals surface area contributed by atoms with Crippen molar-refractivity contribution in [2.24, 2.45) is 11.7 Å². The summed E-state index contributed by atoms with van der Waals surface area (Å²) >= 11 is 1.35. The van der Waals surface area contributed by atoms with Gasteiger partial charge in [0.15, 0.2) is 0 Å². The van der Waals surface area contributed by atoms with E-state index in [0.29, 0.717) is 16.5 Å². The Kier molecular flexibility index (Phi) is 7.20. The number of carbonyl (C=O) groups excluding carboxylic acids is 1. The Bertz CT molecular complexity index is 726. The van der Waals surface area contributed by atoms with Gasteiger partial charge in [0.2, 0.25) is 0 Å². The van der Waals surface area contributed by atoms with Crippen molar-refractivity contribution in [3.63, 3.8) is 0 Å². The van der Waals surface area contributed by atoms with Crippen LogP contribution in [0.2, 0.25) is 0 Å². The lowest BCUT2D eigenvalue weighted by molar-refractivity contribution is 0.0937. The number of aliphatic hydroxyl groups excluding tert-OH is 1. The molecular weight excluding hydrogens is 362 g/mol. The molecule has 1 aromatic heterocycles. The standard InChI is InChI=1S/C20H27N3O3S/c21-10-18(20-22-11-17(12-24)27-20)23-19(25)15-6-8-16(9-7-15)26-13-14-4-2-1-3-5-14/h6-9,11,14,18,24H,1-5,10,12-13,21H2,(H,23,25)/t18-/m1/s1. The molecule has 0 saturated heterocycles. The highest BCUT2D eigenvalue weighted by atomic mass is 32.1. The number of rotatable bonds is 8. The van der Waals surface area contributed by atoms with Gasteiger partial charge in [-0.05, 0) is 43.0 Å². The number of nitrogens with zero attached hydrogens (tertiary/aromatic N) is 1. The van der Waals surface area contributed by atoms with Gasteiger partial charge in [-0.15, -0.1) is 11.3 Å². The predicted molar refractivity (Wildman–Crippen MR) is 106 cm³/mol. The minimum absolute atomic E-state index is 0.0643. The van der Waals surface area contributed by atoms with E-state index in [2.05, 4.69) is 10.3 Å². The van der Waals surface area contributed by atoms with Crippen molar-refractivity contribution in [1.82, 2.24) is 10.3 Å². The molecule has 0 unspecified atom stereocenters. The summed E-state index contributed by atoms with van der Waals surface area (Å²) in [6, 6.07) is 6.83. The highest BCUT2D eigenvalue weighted by Gasteiger charge is 2.18. The highest BCUT2D eigenvalue weighted by molar-refractivity contribution is 7.11. The number of nitrogens with one attached hydrogen (secondary N) is 1. The van der Waals surface area contributed by atoms with Gasteiger partial charge in [-0.25, -0.2) is 4.98 Å². The van der Waals surface area contributed by atoms with E-state index in [9.17, 15) is 4.79 Å². The summed E-state index contributed by atoms with van der Waals surface area (Å²) in [7, 11) is 0. The third-order valence-corrected chi connectivity index (χ3v) is 5.99. The number of aliphatic hydroxyl groups is 1. The number of carbonyl (C=O) groups is 1. The van der Waals surface area contributed by atoms with E-state index in [1.165, 1.54) is 43.4 Å². The molecule has 1 amide bonds. The van der Waals surface area contributed by atoms with Crippen LogP contribution < -0.4 is 15.8 Å². The second kappa shape index (κ2) is 9.82. The molecule has 7 heteroatoms. The van der Waals surface area contributed by atoms with Crippen LogP contribution >= 0.6 is 11.3 Å². The Labute approximate surface area is 163 Å². The summed E-state index contributed by atoms with van der Waals surface area (Å²) < 4.78 is 5.88. The molecule has 3 rings (SSSR count). The maximum absolute atomic E-state index is 12.5. The maximum Gasteiger partial charge on any atom is 0.251 e. The molecule has 1 saturated carbocycles. The van der Waals surface area contributed by atoms with Gasteiger partial charge in [0, 0.05) is 18.3 Å². The van der Waals surface area contributed by atoms with Crippen molar-refractivity contribution in [3.05, 3.63) is 45.9 Å². The molecule has 1 aliphatic rings. The first-order valence-electron chi connectivity index (χ1n) is 9.49. The first-order valence-corrected chi connectivity index (χ1v) is 10.3. The minimum atomic E-state index is -0.370. The molecule has 6 nitrogen and oxygen atoms in total. The normalized spacial score (nSPS) is 16.1. The van der Waals surface area contributed by atoms with E-state index in [1.54, 1.807) is 18.3 Å². The van der Waals surface area contributed by atoms with Gasteiger partial charge in [0.25, 0.3) is 5.91 Å². The van der Waals surface area contributed by atoms with Crippen molar-refractivity contribution in [3.8, 4) is 5.75 Å². The largest absolute Gasteiger partial charge is 0.493 e. The van der Waals surface area contributed by atoms with Crippen LogP contribution in [-0.2, 0) is 6.61 Å². The van der Waals surface area contributed by atoms with E-state index in [4.69, 9.17) is 15.6 Å². The van der Waals surface area contributed by atoms with Gasteiger partial charge in [0.05, 0.1) is 24.1 Å². The molecule has 146 valence electrons. The Morgan fingerprint density at radius 2 is 2.04 bits per heavy atom. The van der Waals surface area contributed by atoms with E-state index in [1.807, 2.05) is 12.1 Å². The van der Waals surface area contributed by atoms with Crippen LogP contribution in [0.25, 0.3) is 0 Å². The van der Waals surface area contributed by atoms with Crippen molar-refractivity contribution < 1.29 is 14.6 Å². The zero-order chi connectivity index (χ0) is 19.1. The monoisotopic (exact) mass is 389 g/mol. The highest BCUT2D eigenvalue weighted by Crippen LogP contribution is 2.25. The number of hydrogen-bond donors (Lipinski definition) is 3. The van der Waals surface area contributed by atoms with Crippen LogP contribution in [-0.4, -0.2) is 29.1 Å². The fourth-order valence-corrected chi connectivity index (χ4v) is 4.13. The topological polar surface area (TPSA) is 97.5 Å². The second-order valence-corrected chi connectivity index (χ2v) is 8.07. The zero-order valence-corrected chi connectivity index (χ0v) is 16.2. The molecule has 0 spiro atoms. The van der Waals surface area contributed by atoms with Crippen LogP contribution in [0.1, 0.15) is 58.4 Å². The van der Waals surface area contributed by atoms with Gasteiger partial charge in [-0.1, -0.05) is 19.3 Å². The first kappa shape index (κ1) is 19.8. The number of ether oxygens (including phenoxy) is 1. The van der Waals surface area contributed by atoms with Crippen LogP contribution in [0.3, 0.4) is 0 Å². The minimum Gasteiger partial charge on any atom is -0.493 e. The third-order valence-electron chi connectivity index (χ3n) is 4.89. The molecule has 1 aromatic carbocycles. The lowest BCUT2D eigenvalue weighted by atomic mass is 9.90. The van der Waals surface area contributed by atoms with Crippen LogP contribution in [0, 0.1) is 5.92 Å². The van der Waals surface area contributed by atoms with E-state index in [-0.39, 0.29) is 25.1 Å². The molecule has 0 radical (unpaired) electrons. The zero-order valence-electron chi connectivity index (χ0n) is 15.4. The predicted octanol–water partition coefficient (Wildman–Crippen LogP) is 3.02. The number of hydrogen-bond acceptors (Lipinski definition) is 6. The quantitative estimate of drug-likeness (QED) is 0.645. The molecule has 2 aromatic rings. The average Bonchev–Trinajstić information content (AvgIpc) is 3.20. The van der Waals surface area contributed by atoms with Gasteiger partial charge in [-0.3, -0.25) is 4.79 Å². The molecular formula is C20H27N3O3S.